The highest BCUT2D eigenvalue weighted by Crippen LogP contribution is 2.65. The van der Waals surface area contributed by atoms with E-state index in [-0.39, 0.29) is 46.8 Å². The minimum absolute atomic E-state index is 0.143. The van der Waals surface area contributed by atoms with Gasteiger partial charge in [-0.3, -0.25) is 14.4 Å². The van der Waals surface area contributed by atoms with Crippen LogP contribution in [0.4, 0.5) is 5.69 Å². The van der Waals surface area contributed by atoms with Crippen molar-refractivity contribution in [1.82, 2.24) is 0 Å². The molecule has 1 saturated heterocycles. The van der Waals surface area contributed by atoms with E-state index in [9.17, 15) is 19.2 Å². The van der Waals surface area contributed by atoms with E-state index < -0.39 is 12.1 Å². The summed E-state index contributed by atoms with van der Waals surface area (Å²) < 4.78 is 5.40. The fourth-order valence-electron chi connectivity index (χ4n) is 6.10. The normalized spacial score (nSPS) is 31.7. The Bertz CT molecular complexity index is 1180. The lowest BCUT2D eigenvalue weighted by atomic mass is 9.63. The summed E-state index contributed by atoms with van der Waals surface area (Å²) in [5.74, 6) is -0.560. The van der Waals surface area contributed by atoms with Crippen molar-refractivity contribution in [2.75, 3.05) is 4.90 Å². The molecule has 2 bridgehead atoms. The van der Waals surface area contributed by atoms with Gasteiger partial charge in [0, 0.05) is 5.56 Å². The lowest BCUT2D eigenvalue weighted by Crippen LogP contribution is -2.40. The van der Waals surface area contributed by atoms with Gasteiger partial charge in [0.05, 0.1) is 23.1 Å². The quantitative estimate of drug-likeness (QED) is 0.306. The number of imide groups is 1. The predicted octanol–water partition coefficient (Wildman–Crippen LogP) is 3.67. The number of Topliss-reactive ketones (excluding diaryl/α,β-unsaturated/α-hetero) is 1. The number of carbonyl (C=O) groups excluding carboxylic acids is 4. The molecule has 2 saturated carbocycles. The highest BCUT2D eigenvalue weighted by molar-refractivity contribution is 6.23. The van der Waals surface area contributed by atoms with E-state index in [4.69, 9.17) is 4.74 Å². The maximum atomic E-state index is 13.3. The molecule has 5 aliphatic rings. The smallest absolute Gasteiger partial charge is 0.338 e. The van der Waals surface area contributed by atoms with Crippen molar-refractivity contribution >= 4 is 29.3 Å². The third-order valence-electron chi connectivity index (χ3n) is 7.71. The zero-order valence-electron chi connectivity index (χ0n) is 18.1. The van der Waals surface area contributed by atoms with E-state index in [0.717, 1.165) is 6.42 Å². The summed E-state index contributed by atoms with van der Waals surface area (Å²) in [5, 5.41) is 0. The number of nitrogens with zero attached hydrogens (tertiary/aromatic N) is 1. The van der Waals surface area contributed by atoms with Crippen LogP contribution in [0.3, 0.4) is 0 Å². The number of allylic oxidation sites excluding steroid dienone is 2. The Kier molecular flexibility index (Phi) is 4.41. The van der Waals surface area contributed by atoms with E-state index in [1.165, 1.54) is 17.9 Å². The number of esters is 1. The van der Waals surface area contributed by atoms with Crippen LogP contribution in [-0.2, 0) is 14.3 Å². The summed E-state index contributed by atoms with van der Waals surface area (Å²) in [6, 6.07) is 15.0. The summed E-state index contributed by atoms with van der Waals surface area (Å²) in [7, 11) is 0. The molecule has 3 fully saturated rings. The molecule has 2 aromatic carbocycles. The fourth-order valence-corrected chi connectivity index (χ4v) is 6.10. The van der Waals surface area contributed by atoms with Gasteiger partial charge >= 0.3 is 5.97 Å². The minimum Gasteiger partial charge on any atom is -0.451 e. The third-order valence-corrected chi connectivity index (χ3v) is 7.71. The second-order valence-corrected chi connectivity index (χ2v) is 9.49. The molecule has 2 aromatic rings. The summed E-state index contributed by atoms with van der Waals surface area (Å²) in [6.45, 7) is 1.53. The van der Waals surface area contributed by atoms with Gasteiger partial charge < -0.3 is 4.74 Å². The maximum Gasteiger partial charge on any atom is 0.338 e. The maximum absolute atomic E-state index is 13.3. The molecule has 2 amide bonds. The Morgan fingerprint density at radius 2 is 1.48 bits per heavy atom. The van der Waals surface area contributed by atoms with E-state index in [2.05, 4.69) is 12.2 Å². The number of ketones is 1. The molecule has 7 unspecified atom stereocenters. The van der Waals surface area contributed by atoms with Crippen molar-refractivity contribution in [2.45, 2.75) is 19.4 Å². The summed E-state index contributed by atoms with van der Waals surface area (Å²) in [6.07, 6.45) is 4.41. The SMILES string of the molecule is CC(OC(=O)c1cccc(N2C(=O)C3C4C=CC(C5CC45)C3C2=O)c1)C(=O)c1ccccc1. The minimum atomic E-state index is -0.963. The molecule has 33 heavy (non-hydrogen) atoms. The number of hydrogen-bond acceptors (Lipinski definition) is 5. The third kappa shape index (κ3) is 3.00. The molecule has 0 radical (unpaired) electrons. The number of amides is 2. The molecule has 0 N–H and O–H groups in total. The van der Waals surface area contributed by atoms with Gasteiger partial charge in [-0.05, 0) is 55.2 Å². The first-order valence-corrected chi connectivity index (χ1v) is 11.4. The lowest BCUT2D eigenvalue weighted by molar-refractivity contribution is -0.124. The number of ether oxygens (including phenoxy) is 1. The fraction of sp³-hybridized carbons (Fsp3) is 0.333. The molecule has 0 spiro atoms. The Balaban J connectivity index is 1.22. The summed E-state index contributed by atoms with van der Waals surface area (Å²) >= 11 is 0. The average Bonchev–Trinajstić information content (AvgIpc) is 3.62. The molecule has 1 aliphatic heterocycles. The average molecular weight is 441 g/mol. The van der Waals surface area contributed by atoms with Crippen LogP contribution in [0.1, 0.15) is 34.1 Å². The van der Waals surface area contributed by atoms with Gasteiger partial charge in [0.1, 0.15) is 0 Å². The predicted molar refractivity (Wildman–Crippen MR) is 119 cm³/mol. The molecule has 6 nitrogen and oxygen atoms in total. The Morgan fingerprint density at radius 1 is 0.879 bits per heavy atom. The molecule has 1 heterocycles. The Morgan fingerprint density at radius 3 is 2.12 bits per heavy atom. The van der Waals surface area contributed by atoms with Crippen LogP contribution in [0.25, 0.3) is 0 Å². The first-order chi connectivity index (χ1) is 16.0. The van der Waals surface area contributed by atoms with Crippen LogP contribution in [0.5, 0.6) is 0 Å². The Labute approximate surface area is 191 Å². The molecule has 4 aliphatic carbocycles. The molecule has 6 heteroatoms. The van der Waals surface area contributed by atoms with Crippen LogP contribution >= 0.6 is 0 Å². The van der Waals surface area contributed by atoms with Crippen LogP contribution in [0, 0.1) is 35.5 Å². The number of carbonyl (C=O) groups is 4. The van der Waals surface area contributed by atoms with Crippen molar-refractivity contribution in [2.24, 2.45) is 35.5 Å². The van der Waals surface area contributed by atoms with Crippen molar-refractivity contribution in [3.05, 3.63) is 77.9 Å². The van der Waals surface area contributed by atoms with Gasteiger partial charge in [0.15, 0.2) is 6.10 Å². The number of hydrogen-bond donors (Lipinski definition) is 0. The van der Waals surface area contributed by atoms with Gasteiger partial charge in [0.25, 0.3) is 0 Å². The van der Waals surface area contributed by atoms with Crippen LogP contribution < -0.4 is 4.90 Å². The van der Waals surface area contributed by atoms with Gasteiger partial charge in [-0.1, -0.05) is 48.6 Å². The monoisotopic (exact) mass is 441 g/mol. The van der Waals surface area contributed by atoms with Crippen LogP contribution in [0.15, 0.2) is 66.7 Å². The number of benzene rings is 2. The second-order valence-electron chi connectivity index (χ2n) is 9.49. The molecular formula is C27H23NO5. The summed E-state index contributed by atoms with van der Waals surface area (Å²) in [4.78, 5) is 53.2. The number of rotatable bonds is 5. The lowest BCUT2D eigenvalue weighted by Gasteiger charge is -2.37. The molecular weight excluding hydrogens is 418 g/mol. The van der Waals surface area contributed by atoms with Gasteiger partial charge in [-0.25, -0.2) is 9.69 Å². The molecule has 166 valence electrons. The first kappa shape index (κ1) is 20.1. The summed E-state index contributed by atoms with van der Waals surface area (Å²) in [5.41, 5.74) is 1.03. The second kappa shape index (κ2) is 7.24. The van der Waals surface area contributed by atoms with Crippen molar-refractivity contribution < 1.29 is 23.9 Å². The zero-order chi connectivity index (χ0) is 22.9. The van der Waals surface area contributed by atoms with Crippen molar-refractivity contribution in [3.8, 4) is 0 Å². The van der Waals surface area contributed by atoms with Crippen LogP contribution in [0.2, 0.25) is 0 Å². The van der Waals surface area contributed by atoms with Gasteiger partial charge in [-0.15, -0.1) is 0 Å². The van der Waals surface area contributed by atoms with Crippen LogP contribution in [-0.4, -0.2) is 29.7 Å². The van der Waals surface area contributed by atoms with Gasteiger partial charge in [0.2, 0.25) is 17.6 Å². The van der Waals surface area contributed by atoms with E-state index in [1.54, 1.807) is 48.5 Å². The highest BCUT2D eigenvalue weighted by atomic mass is 16.5. The zero-order valence-corrected chi connectivity index (χ0v) is 18.1. The van der Waals surface area contributed by atoms with Gasteiger partial charge in [-0.2, -0.15) is 0 Å². The molecule has 0 aromatic heterocycles. The first-order valence-electron chi connectivity index (χ1n) is 11.4. The molecule has 7 rings (SSSR count). The van der Waals surface area contributed by atoms with Crippen molar-refractivity contribution in [1.29, 1.82) is 0 Å². The standard InChI is InChI=1S/C27H23NO5/c1-14(24(29)15-6-3-2-4-7-15)33-27(32)16-8-5-9-17(12-16)28-25(30)22-18-10-11-19(21-13-20(18)21)23(22)26(28)31/h2-12,14,18-23H,13H2,1H3. The van der Waals surface area contributed by atoms with Crippen molar-refractivity contribution in [3.63, 3.8) is 0 Å². The van der Waals surface area contributed by atoms with E-state index in [0.29, 0.717) is 23.1 Å². The van der Waals surface area contributed by atoms with E-state index in [1.807, 2.05) is 0 Å². The highest BCUT2D eigenvalue weighted by Gasteiger charge is 2.67. The topological polar surface area (TPSA) is 80.8 Å². The number of anilines is 1. The van der Waals surface area contributed by atoms with E-state index >= 15 is 0 Å². The molecule has 7 atom stereocenters. The Hall–Kier alpha value is -3.54. The largest absolute Gasteiger partial charge is 0.451 e.